The molecule has 140 valence electrons. The highest BCUT2D eigenvalue weighted by Crippen LogP contribution is 2.27. The zero-order valence-corrected chi connectivity index (χ0v) is 15.8. The SMILES string of the molecule is CCc1c(C(=O)Nc2nc(-c3ccc(O)cc3)cs2)cnn1-c1ccccn1. The van der Waals surface area contributed by atoms with Crippen molar-refractivity contribution in [2.75, 3.05) is 5.32 Å². The number of nitrogens with zero attached hydrogens (tertiary/aromatic N) is 4. The van der Waals surface area contributed by atoms with Gasteiger partial charge >= 0.3 is 0 Å². The van der Waals surface area contributed by atoms with Crippen LogP contribution in [0, 0.1) is 0 Å². The Balaban J connectivity index is 1.56. The maximum atomic E-state index is 12.8. The molecular weight excluding hydrogens is 374 g/mol. The third-order valence-corrected chi connectivity index (χ3v) is 4.96. The van der Waals surface area contributed by atoms with Crippen LogP contribution in [0.15, 0.2) is 60.2 Å². The van der Waals surface area contributed by atoms with Gasteiger partial charge in [-0.25, -0.2) is 14.6 Å². The van der Waals surface area contributed by atoms with Crippen LogP contribution in [-0.2, 0) is 6.42 Å². The van der Waals surface area contributed by atoms with Crippen molar-refractivity contribution >= 4 is 22.4 Å². The zero-order valence-electron chi connectivity index (χ0n) is 15.0. The van der Waals surface area contributed by atoms with Gasteiger partial charge in [0, 0.05) is 17.1 Å². The molecule has 1 amide bonds. The van der Waals surface area contributed by atoms with Crippen molar-refractivity contribution in [2.45, 2.75) is 13.3 Å². The normalized spacial score (nSPS) is 10.8. The lowest BCUT2D eigenvalue weighted by atomic mass is 10.2. The monoisotopic (exact) mass is 391 g/mol. The maximum Gasteiger partial charge on any atom is 0.260 e. The van der Waals surface area contributed by atoms with Crippen molar-refractivity contribution in [3.05, 3.63) is 71.5 Å². The van der Waals surface area contributed by atoms with Crippen molar-refractivity contribution in [3.63, 3.8) is 0 Å². The zero-order chi connectivity index (χ0) is 19.5. The number of carbonyl (C=O) groups is 1. The van der Waals surface area contributed by atoms with Gasteiger partial charge in [-0.1, -0.05) is 13.0 Å². The van der Waals surface area contributed by atoms with Gasteiger partial charge in [0.1, 0.15) is 5.75 Å². The molecule has 0 saturated heterocycles. The number of phenols is 1. The molecule has 0 fully saturated rings. The first-order valence-corrected chi connectivity index (χ1v) is 9.58. The molecule has 0 spiro atoms. The van der Waals surface area contributed by atoms with E-state index in [1.165, 1.54) is 11.3 Å². The van der Waals surface area contributed by atoms with E-state index in [0.29, 0.717) is 22.9 Å². The third kappa shape index (κ3) is 3.49. The Labute approximate surface area is 165 Å². The Morgan fingerprint density at radius 2 is 2.04 bits per heavy atom. The second-order valence-corrected chi connectivity index (χ2v) is 6.86. The van der Waals surface area contributed by atoms with Crippen molar-refractivity contribution < 1.29 is 9.90 Å². The van der Waals surface area contributed by atoms with Gasteiger partial charge in [-0.05, 0) is 42.8 Å². The number of hydrogen-bond acceptors (Lipinski definition) is 6. The van der Waals surface area contributed by atoms with Crippen molar-refractivity contribution in [1.29, 1.82) is 0 Å². The van der Waals surface area contributed by atoms with Gasteiger partial charge < -0.3 is 5.11 Å². The lowest BCUT2D eigenvalue weighted by molar-refractivity contribution is 0.102. The summed E-state index contributed by atoms with van der Waals surface area (Å²) in [5, 5.41) is 18.9. The lowest BCUT2D eigenvalue weighted by Gasteiger charge is -2.06. The molecule has 0 aliphatic heterocycles. The predicted molar refractivity (Wildman–Crippen MR) is 108 cm³/mol. The molecule has 3 heterocycles. The summed E-state index contributed by atoms with van der Waals surface area (Å²) in [6.45, 7) is 1.97. The average Bonchev–Trinajstić information content (AvgIpc) is 3.36. The average molecular weight is 391 g/mol. The lowest BCUT2D eigenvalue weighted by Crippen LogP contribution is -2.14. The van der Waals surface area contributed by atoms with Crippen LogP contribution in [0.2, 0.25) is 0 Å². The number of benzene rings is 1. The number of rotatable bonds is 5. The van der Waals surface area contributed by atoms with Gasteiger partial charge in [-0.15, -0.1) is 11.3 Å². The number of pyridine rings is 1. The van der Waals surface area contributed by atoms with E-state index in [-0.39, 0.29) is 11.7 Å². The highest BCUT2D eigenvalue weighted by Gasteiger charge is 2.19. The van der Waals surface area contributed by atoms with E-state index in [4.69, 9.17) is 0 Å². The van der Waals surface area contributed by atoms with E-state index >= 15 is 0 Å². The van der Waals surface area contributed by atoms with E-state index in [9.17, 15) is 9.90 Å². The van der Waals surface area contributed by atoms with E-state index < -0.39 is 0 Å². The summed E-state index contributed by atoms with van der Waals surface area (Å²) >= 11 is 1.34. The van der Waals surface area contributed by atoms with Gasteiger partial charge in [0.05, 0.1) is 23.1 Å². The van der Waals surface area contributed by atoms with Gasteiger partial charge in [0.25, 0.3) is 5.91 Å². The summed E-state index contributed by atoms with van der Waals surface area (Å²) in [6.07, 6.45) is 3.88. The molecule has 0 radical (unpaired) electrons. The first-order valence-electron chi connectivity index (χ1n) is 8.70. The number of amides is 1. The van der Waals surface area contributed by atoms with Crippen molar-refractivity contribution in [2.24, 2.45) is 0 Å². The first-order chi connectivity index (χ1) is 13.7. The highest BCUT2D eigenvalue weighted by atomic mass is 32.1. The molecule has 1 aromatic carbocycles. The molecule has 2 N–H and O–H groups in total. The van der Waals surface area contributed by atoms with Crippen LogP contribution in [-0.4, -0.2) is 30.8 Å². The predicted octanol–water partition coefficient (Wildman–Crippen LogP) is 3.91. The maximum absolute atomic E-state index is 12.8. The molecule has 4 aromatic rings. The smallest absolute Gasteiger partial charge is 0.260 e. The second-order valence-electron chi connectivity index (χ2n) is 6.00. The van der Waals surface area contributed by atoms with Crippen LogP contribution < -0.4 is 5.32 Å². The Morgan fingerprint density at radius 3 is 2.75 bits per heavy atom. The summed E-state index contributed by atoms with van der Waals surface area (Å²) in [5.74, 6) is 0.609. The van der Waals surface area contributed by atoms with E-state index in [1.54, 1.807) is 41.3 Å². The quantitative estimate of drug-likeness (QED) is 0.538. The standard InChI is InChI=1S/C20H17N5O2S/c1-2-17-15(11-22-25(17)18-5-3-4-10-21-18)19(27)24-20-23-16(12-28-20)13-6-8-14(26)9-7-13/h3-12,26H,2H2,1H3,(H,23,24,27). The van der Waals surface area contributed by atoms with Gasteiger partial charge in [0.2, 0.25) is 0 Å². The molecule has 0 bridgehead atoms. The third-order valence-electron chi connectivity index (χ3n) is 4.20. The Bertz CT molecular complexity index is 1100. The van der Waals surface area contributed by atoms with Crippen LogP contribution in [0.1, 0.15) is 23.0 Å². The molecule has 0 unspecified atom stereocenters. The Morgan fingerprint density at radius 1 is 1.21 bits per heavy atom. The number of anilines is 1. The fraction of sp³-hybridized carbons (Fsp3) is 0.100. The minimum atomic E-state index is -0.259. The number of thiazole rings is 1. The summed E-state index contributed by atoms with van der Waals surface area (Å²) in [5.41, 5.74) is 2.88. The number of carbonyl (C=O) groups excluding carboxylic acids is 1. The first kappa shape index (κ1) is 17.9. The molecule has 8 heteroatoms. The van der Waals surface area contributed by atoms with Crippen LogP contribution in [0.3, 0.4) is 0 Å². The van der Waals surface area contributed by atoms with E-state index in [0.717, 1.165) is 17.0 Å². The number of aromatic hydroxyl groups is 1. The molecule has 7 nitrogen and oxygen atoms in total. The molecular formula is C20H17N5O2S. The van der Waals surface area contributed by atoms with Crippen LogP contribution >= 0.6 is 11.3 Å². The molecule has 0 saturated carbocycles. The Hall–Kier alpha value is -3.52. The van der Waals surface area contributed by atoms with Crippen molar-refractivity contribution in [1.82, 2.24) is 19.7 Å². The molecule has 28 heavy (non-hydrogen) atoms. The topological polar surface area (TPSA) is 92.9 Å². The number of hydrogen-bond donors (Lipinski definition) is 2. The highest BCUT2D eigenvalue weighted by molar-refractivity contribution is 7.14. The minimum absolute atomic E-state index is 0.199. The fourth-order valence-corrected chi connectivity index (χ4v) is 3.56. The molecule has 0 atom stereocenters. The largest absolute Gasteiger partial charge is 0.508 e. The Kier molecular flexibility index (Phi) is 4.86. The minimum Gasteiger partial charge on any atom is -0.508 e. The van der Waals surface area contributed by atoms with Gasteiger partial charge in [-0.2, -0.15) is 5.10 Å². The van der Waals surface area contributed by atoms with Crippen LogP contribution in [0.25, 0.3) is 17.1 Å². The van der Waals surface area contributed by atoms with Crippen LogP contribution in [0.5, 0.6) is 5.75 Å². The van der Waals surface area contributed by atoms with Gasteiger partial charge in [0.15, 0.2) is 10.9 Å². The second kappa shape index (κ2) is 7.61. The number of phenolic OH excluding ortho intramolecular Hbond substituents is 1. The number of nitrogens with one attached hydrogen (secondary N) is 1. The fourth-order valence-electron chi connectivity index (χ4n) is 2.84. The number of aromatic nitrogens is 4. The summed E-state index contributed by atoms with van der Waals surface area (Å²) in [4.78, 5) is 21.5. The van der Waals surface area contributed by atoms with E-state index in [1.807, 2.05) is 30.5 Å². The van der Waals surface area contributed by atoms with E-state index in [2.05, 4.69) is 20.4 Å². The van der Waals surface area contributed by atoms with Crippen molar-refractivity contribution in [3.8, 4) is 22.8 Å². The molecule has 4 rings (SSSR count). The summed E-state index contributed by atoms with van der Waals surface area (Å²) in [7, 11) is 0. The summed E-state index contributed by atoms with van der Waals surface area (Å²) < 4.78 is 1.68. The molecule has 0 aliphatic rings. The van der Waals surface area contributed by atoms with Gasteiger partial charge in [-0.3, -0.25) is 10.1 Å². The summed E-state index contributed by atoms with van der Waals surface area (Å²) in [6, 6.07) is 12.3. The molecule has 3 aromatic heterocycles. The molecule has 0 aliphatic carbocycles. The van der Waals surface area contributed by atoms with Crippen LogP contribution in [0.4, 0.5) is 5.13 Å².